The summed E-state index contributed by atoms with van der Waals surface area (Å²) >= 11 is 0. The number of aryl methyl sites for hydroxylation is 1. The third-order valence-electron chi connectivity index (χ3n) is 5.04. The Morgan fingerprint density at radius 2 is 2.00 bits per heavy atom. The first kappa shape index (κ1) is 16.8. The number of hydrogen-bond acceptors (Lipinski definition) is 4. The van der Waals surface area contributed by atoms with Gasteiger partial charge in [-0.1, -0.05) is 24.3 Å². The lowest BCUT2D eigenvalue weighted by atomic mass is 9.88. The molecule has 0 spiro atoms. The van der Waals surface area contributed by atoms with Crippen molar-refractivity contribution in [3.8, 4) is 0 Å². The minimum atomic E-state index is -0.210. The summed E-state index contributed by atoms with van der Waals surface area (Å²) in [6.07, 6.45) is 4.94. The molecule has 1 aliphatic carbocycles. The monoisotopic (exact) mass is 352 g/mol. The molecule has 1 aromatic carbocycles. The molecule has 136 valence electrons. The molecular weight excluding hydrogens is 328 g/mol. The molecule has 2 heterocycles. The molecule has 0 radical (unpaired) electrons. The molecule has 2 amide bonds. The van der Waals surface area contributed by atoms with Gasteiger partial charge in [-0.15, -0.1) is 0 Å². The van der Waals surface area contributed by atoms with E-state index in [4.69, 9.17) is 4.74 Å². The number of amides is 2. The molecular formula is C20H24N4O2. The van der Waals surface area contributed by atoms with Crippen LogP contribution in [0.1, 0.15) is 30.0 Å². The van der Waals surface area contributed by atoms with Gasteiger partial charge >= 0.3 is 6.03 Å². The standard InChI is InChI=1S/C20H24N4O2/c25-20(22-18-7-3-5-15-4-1-2-6-17(15)18)23-19-9-8-16(14-21-19)24-10-12-26-13-11-24/h1-2,4,6,8-9,14,18H,3,5,7,10-13H2,(H2,21,22,23,25). The van der Waals surface area contributed by atoms with Gasteiger partial charge in [0.05, 0.1) is 31.1 Å². The number of carbonyl (C=O) groups excluding carboxylic acids is 1. The van der Waals surface area contributed by atoms with Crippen molar-refractivity contribution in [3.63, 3.8) is 0 Å². The van der Waals surface area contributed by atoms with Crippen molar-refractivity contribution < 1.29 is 9.53 Å². The summed E-state index contributed by atoms with van der Waals surface area (Å²) in [5.74, 6) is 0.559. The Labute approximate surface area is 153 Å². The molecule has 6 nitrogen and oxygen atoms in total. The van der Waals surface area contributed by atoms with Crippen molar-refractivity contribution in [1.29, 1.82) is 0 Å². The Balaban J connectivity index is 1.36. The molecule has 2 N–H and O–H groups in total. The largest absolute Gasteiger partial charge is 0.378 e. The summed E-state index contributed by atoms with van der Waals surface area (Å²) in [7, 11) is 0. The second-order valence-corrected chi connectivity index (χ2v) is 6.74. The van der Waals surface area contributed by atoms with Gasteiger partial charge in [0.1, 0.15) is 5.82 Å². The van der Waals surface area contributed by atoms with Crippen LogP contribution < -0.4 is 15.5 Å². The molecule has 0 saturated carbocycles. The van der Waals surface area contributed by atoms with Gasteiger partial charge in [-0.05, 0) is 42.5 Å². The number of nitrogens with zero attached hydrogens (tertiary/aromatic N) is 2. The van der Waals surface area contributed by atoms with Crippen molar-refractivity contribution in [1.82, 2.24) is 10.3 Å². The molecule has 4 rings (SSSR count). The minimum Gasteiger partial charge on any atom is -0.378 e. The van der Waals surface area contributed by atoms with E-state index in [0.717, 1.165) is 51.3 Å². The number of pyridine rings is 1. The third-order valence-corrected chi connectivity index (χ3v) is 5.04. The number of ether oxygens (including phenoxy) is 1. The smallest absolute Gasteiger partial charge is 0.320 e. The number of hydrogen-bond donors (Lipinski definition) is 2. The van der Waals surface area contributed by atoms with Gasteiger partial charge in [0.2, 0.25) is 0 Å². The normalized spacial score (nSPS) is 19.5. The number of benzene rings is 1. The first-order chi connectivity index (χ1) is 12.8. The fourth-order valence-corrected chi connectivity index (χ4v) is 3.68. The van der Waals surface area contributed by atoms with Gasteiger partial charge in [-0.3, -0.25) is 5.32 Å². The summed E-state index contributed by atoms with van der Waals surface area (Å²) in [5.41, 5.74) is 3.61. The molecule has 1 aromatic heterocycles. The molecule has 26 heavy (non-hydrogen) atoms. The van der Waals surface area contributed by atoms with E-state index < -0.39 is 0 Å². The number of nitrogens with one attached hydrogen (secondary N) is 2. The number of urea groups is 1. The van der Waals surface area contributed by atoms with Gasteiger partial charge in [0.15, 0.2) is 0 Å². The number of fused-ring (bicyclic) bond motifs is 1. The van der Waals surface area contributed by atoms with E-state index in [1.165, 1.54) is 11.1 Å². The number of aromatic nitrogens is 1. The maximum absolute atomic E-state index is 12.4. The van der Waals surface area contributed by atoms with Crippen LogP contribution in [0.5, 0.6) is 0 Å². The van der Waals surface area contributed by atoms with E-state index in [1.807, 2.05) is 18.2 Å². The maximum atomic E-state index is 12.4. The number of anilines is 2. The number of morpholine rings is 1. The Morgan fingerprint density at radius 1 is 1.15 bits per heavy atom. The lowest BCUT2D eigenvalue weighted by molar-refractivity contribution is 0.122. The molecule has 1 unspecified atom stereocenters. The van der Waals surface area contributed by atoms with Crippen LogP contribution in [-0.2, 0) is 11.2 Å². The summed E-state index contributed by atoms with van der Waals surface area (Å²) in [4.78, 5) is 19.0. The maximum Gasteiger partial charge on any atom is 0.320 e. The molecule has 1 atom stereocenters. The van der Waals surface area contributed by atoms with Crippen LogP contribution in [0, 0.1) is 0 Å². The molecule has 1 fully saturated rings. The molecule has 6 heteroatoms. The van der Waals surface area contributed by atoms with Crippen LogP contribution >= 0.6 is 0 Å². The summed E-state index contributed by atoms with van der Waals surface area (Å²) < 4.78 is 5.37. The quantitative estimate of drug-likeness (QED) is 0.891. The van der Waals surface area contributed by atoms with Crippen molar-refractivity contribution >= 4 is 17.5 Å². The highest BCUT2D eigenvalue weighted by molar-refractivity contribution is 5.88. The highest BCUT2D eigenvalue weighted by Gasteiger charge is 2.21. The first-order valence-electron chi connectivity index (χ1n) is 9.24. The average Bonchev–Trinajstić information content (AvgIpc) is 2.69. The molecule has 1 saturated heterocycles. The van der Waals surface area contributed by atoms with Crippen LogP contribution in [0.3, 0.4) is 0 Å². The Hall–Kier alpha value is -2.60. The van der Waals surface area contributed by atoms with E-state index in [9.17, 15) is 4.79 Å². The van der Waals surface area contributed by atoms with Crippen LogP contribution in [0.25, 0.3) is 0 Å². The van der Waals surface area contributed by atoms with Crippen LogP contribution in [0.4, 0.5) is 16.3 Å². The van der Waals surface area contributed by atoms with Crippen molar-refractivity contribution in [2.45, 2.75) is 25.3 Å². The van der Waals surface area contributed by atoms with Crippen LogP contribution in [-0.4, -0.2) is 37.3 Å². The van der Waals surface area contributed by atoms with Gasteiger partial charge in [0.25, 0.3) is 0 Å². The lowest BCUT2D eigenvalue weighted by Crippen LogP contribution is -2.36. The van der Waals surface area contributed by atoms with Gasteiger partial charge in [-0.2, -0.15) is 0 Å². The first-order valence-corrected chi connectivity index (χ1v) is 9.24. The zero-order chi connectivity index (χ0) is 17.8. The van der Waals surface area contributed by atoms with E-state index in [0.29, 0.717) is 5.82 Å². The van der Waals surface area contributed by atoms with Gasteiger partial charge in [-0.25, -0.2) is 9.78 Å². The van der Waals surface area contributed by atoms with Gasteiger partial charge in [0, 0.05) is 13.1 Å². The van der Waals surface area contributed by atoms with Crippen LogP contribution in [0.2, 0.25) is 0 Å². The Morgan fingerprint density at radius 3 is 2.81 bits per heavy atom. The lowest BCUT2D eigenvalue weighted by Gasteiger charge is -2.28. The zero-order valence-corrected chi connectivity index (χ0v) is 14.8. The van der Waals surface area contributed by atoms with E-state index in [2.05, 4.69) is 38.7 Å². The predicted molar refractivity (Wildman–Crippen MR) is 102 cm³/mol. The molecule has 2 aromatic rings. The van der Waals surface area contributed by atoms with E-state index in [1.54, 1.807) is 6.20 Å². The summed E-state index contributed by atoms with van der Waals surface area (Å²) in [6, 6.07) is 12.0. The average molecular weight is 352 g/mol. The highest BCUT2D eigenvalue weighted by atomic mass is 16.5. The second-order valence-electron chi connectivity index (χ2n) is 6.74. The van der Waals surface area contributed by atoms with E-state index in [-0.39, 0.29) is 12.1 Å². The molecule has 0 bridgehead atoms. The fraction of sp³-hybridized carbons (Fsp3) is 0.400. The zero-order valence-electron chi connectivity index (χ0n) is 14.8. The minimum absolute atomic E-state index is 0.0626. The van der Waals surface area contributed by atoms with E-state index >= 15 is 0 Å². The summed E-state index contributed by atoms with van der Waals surface area (Å²) in [5, 5.41) is 5.93. The number of carbonyl (C=O) groups is 1. The van der Waals surface area contributed by atoms with Crippen LogP contribution in [0.15, 0.2) is 42.6 Å². The molecule has 2 aliphatic rings. The predicted octanol–water partition coefficient (Wildman–Crippen LogP) is 3.12. The van der Waals surface area contributed by atoms with Crippen molar-refractivity contribution in [3.05, 3.63) is 53.7 Å². The topological polar surface area (TPSA) is 66.5 Å². The number of rotatable bonds is 3. The van der Waals surface area contributed by atoms with Crippen molar-refractivity contribution in [2.24, 2.45) is 0 Å². The summed E-state index contributed by atoms with van der Waals surface area (Å²) in [6.45, 7) is 3.22. The molecule has 1 aliphatic heterocycles. The van der Waals surface area contributed by atoms with Crippen molar-refractivity contribution in [2.75, 3.05) is 36.5 Å². The van der Waals surface area contributed by atoms with Gasteiger partial charge < -0.3 is 15.0 Å². The Bertz CT molecular complexity index is 757. The highest BCUT2D eigenvalue weighted by Crippen LogP contribution is 2.29. The fourth-order valence-electron chi connectivity index (χ4n) is 3.68. The Kier molecular flexibility index (Phi) is 5.02. The second kappa shape index (κ2) is 7.74. The third kappa shape index (κ3) is 3.80. The SMILES string of the molecule is O=C(Nc1ccc(N2CCOCC2)cn1)NC1CCCc2ccccc21.